The monoisotopic (exact) mass is 415 g/mol. The molecular formula is C23H21N5O3. The summed E-state index contributed by atoms with van der Waals surface area (Å²) >= 11 is 0. The van der Waals surface area contributed by atoms with Crippen LogP contribution in [-0.2, 0) is 4.79 Å². The molecule has 0 spiro atoms. The van der Waals surface area contributed by atoms with Crippen molar-refractivity contribution in [3.05, 3.63) is 77.6 Å². The zero-order valence-electron chi connectivity index (χ0n) is 17.0. The van der Waals surface area contributed by atoms with Crippen LogP contribution in [0.1, 0.15) is 21.6 Å². The molecule has 4 N–H and O–H groups in total. The van der Waals surface area contributed by atoms with Gasteiger partial charge < -0.3 is 20.5 Å². The van der Waals surface area contributed by atoms with Gasteiger partial charge in [0.15, 0.2) is 0 Å². The van der Waals surface area contributed by atoms with Crippen molar-refractivity contribution in [2.24, 2.45) is 0 Å². The molecule has 3 aromatic rings. The number of nitrogens with zero attached hydrogens (tertiary/aromatic N) is 1. The van der Waals surface area contributed by atoms with Gasteiger partial charge in [0.2, 0.25) is 0 Å². The highest BCUT2D eigenvalue weighted by atomic mass is 16.2. The maximum absolute atomic E-state index is 12.3. The molecule has 156 valence electrons. The minimum absolute atomic E-state index is 0.220. The molecule has 0 bridgehead atoms. The molecule has 1 aliphatic rings. The molecule has 1 aromatic heterocycles. The first-order chi connectivity index (χ1) is 14.9. The molecule has 4 rings (SSSR count). The summed E-state index contributed by atoms with van der Waals surface area (Å²) in [5.74, 6) is -0.726. The maximum atomic E-state index is 12.3. The van der Waals surface area contributed by atoms with Crippen molar-refractivity contribution in [3.8, 4) is 0 Å². The summed E-state index contributed by atoms with van der Waals surface area (Å²) in [6, 6.07) is 15.0. The van der Waals surface area contributed by atoms with Gasteiger partial charge in [-0.3, -0.25) is 14.9 Å². The molecule has 0 saturated carbocycles. The van der Waals surface area contributed by atoms with E-state index in [2.05, 4.69) is 20.9 Å². The molecule has 8 heteroatoms. The van der Waals surface area contributed by atoms with Gasteiger partial charge in [-0.05, 0) is 54.6 Å². The van der Waals surface area contributed by atoms with Gasteiger partial charge in [0.05, 0.1) is 11.3 Å². The van der Waals surface area contributed by atoms with Crippen molar-refractivity contribution in [3.63, 3.8) is 0 Å². The molecule has 2 heterocycles. The number of rotatable bonds is 4. The number of amides is 4. The third-order valence-corrected chi connectivity index (χ3v) is 4.86. The second-order valence-corrected chi connectivity index (χ2v) is 7.25. The minimum Gasteiger partial charge on any atom is -0.378 e. The highest BCUT2D eigenvalue weighted by molar-refractivity contribution is 6.35. The number of carbonyl (C=O) groups excluding carboxylic acids is 3. The zero-order valence-corrected chi connectivity index (χ0v) is 17.0. The SMILES string of the molecule is CN(C)c1ccc(C(=O)NC(=O)Nc2ccc3c(c2)NC(=O)/C3=C\c2ccc[nH]2)cc1. The Kier molecular flexibility index (Phi) is 5.28. The standard InChI is InChI=1S/C23H21N5O3/c1-28(2)17-8-5-14(6-9-17)21(29)27-23(31)25-16-7-10-18-19(12-15-4-3-11-24-15)22(30)26-20(18)13-16/h3-13,24H,1-2H3,(H,26,30)(H2,25,27,29,31)/b19-12-. The summed E-state index contributed by atoms with van der Waals surface area (Å²) in [4.78, 5) is 41.8. The van der Waals surface area contributed by atoms with Crippen LogP contribution in [0.25, 0.3) is 11.6 Å². The highest BCUT2D eigenvalue weighted by Crippen LogP contribution is 2.34. The summed E-state index contributed by atoms with van der Waals surface area (Å²) in [7, 11) is 3.81. The van der Waals surface area contributed by atoms with Crippen molar-refractivity contribution in [1.82, 2.24) is 10.3 Å². The minimum atomic E-state index is -0.659. The summed E-state index contributed by atoms with van der Waals surface area (Å²) in [5, 5.41) is 7.71. The third kappa shape index (κ3) is 4.32. The van der Waals surface area contributed by atoms with Crippen LogP contribution < -0.4 is 20.9 Å². The number of imide groups is 1. The largest absolute Gasteiger partial charge is 0.378 e. The van der Waals surface area contributed by atoms with Crippen LogP contribution in [0.5, 0.6) is 0 Å². The number of aromatic amines is 1. The lowest BCUT2D eigenvalue weighted by Gasteiger charge is -2.12. The van der Waals surface area contributed by atoms with Crippen LogP contribution in [0, 0.1) is 0 Å². The van der Waals surface area contributed by atoms with Gasteiger partial charge in [0.1, 0.15) is 0 Å². The van der Waals surface area contributed by atoms with Crippen LogP contribution >= 0.6 is 0 Å². The number of benzene rings is 2. The Hall–Kier alpha value is -4.33. The van der Waals surface area contributed by atoms with E-state index in [0.717, 1.165) is 16.9 Å². The first-order valence-corrected chi connectivity index (χ1v) is 9.61. The fraction of sp³-hybridized carbons (Fsp3) is 0.0870. The molecule has 0 radical (unpaired) electrons. The highest BCUT2D eigenvalue weighted by Gasteiger charge is 2.24. The normalized spacial score (nSPS) is 13.5. The lowest BCUT2D eigenvalue weighted by molar-refractivity contribution is -0.110. The van der Waals surface area contributed by atoms with Gasteiger partial charge >= 0.3 is 6.03 Å². The van der Waals surface area contributed by atoms with E-state index >= 15 is 0 Å². The molecule has 31 heavy (non-hydrogen) atoms. The number of urea groups is 1. The van der Waals surface area contributed by atoms with Crippen molar-refractivity contribution in [1.29, 1.82) is 0 Å². The van der Waals surface area contributed by atoms with Crippen molar-refractivity contribution >= 4 is 46.6 Å². The van der Waals surface area contributed by atoms with Gasteiger partial charge in [-0.25, -0.2) is 4.79 Å². The predicted octanol–water partition coefficient (Wildman–Crippen LogP) is 3.54. The molecule has 0 saturated heterocycles. The van der Waals surface area contributed by atoms with Gasteiger partial charge in [-0.15, -0.1) is 0 Å². The van der Waals surface area contributed by atoms with E-state index in [1.54, 1.807) is 54.7 Å². The van der Waals surface area contributed by atoms with Gasteiger partial charge in [0, 0.05) is 48.5 Å². The summed E-state index contributed by atoms with van der Waals surface area (Å²) in [5.41, 5.74) is 4.45. The lowest BCUT2D eigenvalue weighted by Crippen LogP contribution is -2.34. The quantitative estimate of drug-likeness (QED) is 0.489. The van der Waals surface area contributed by atoms with Crippen LogP contribution in [-0.4, -0.2) is 36.9 Å². The van der Waals surface area contributed by atoms with E-state index < -0.39 is 11.9 Å². The van der Waals surface area contributed by atoms with Crippen molar-refractivity contribution in [2.45, 2.75) is 0 Å². The molecule has 4 amide bonds. The number of hydrogen-bond donors (Lipinski definition) is 4. The second-order valence-electron chi connectivity index (χ2n) is 7.25. The zero-order chi connectivity index (χ0) is 22.0. The van der Waals surface area contributed by atoms with Gasteiger partial charge in [0.25, 0.3) is 11.8 Å². The Morgan fingerprint density at radius 3 is 2.48 bits per heavy atom. The van der Waals surface area contributed by atoms with Crippen LogP contribution in [0.2, 0.25) is 0 Å². The van der Waals surface area contributed by atoms with Crippen LogP contribution in [0.15, 0.2) is 60.8 Å². The molecule has 2 aromatic carbocycles. The van der Waals surface area contributed by atoms with E-state index in [1.807, 2.05) is 31.1 Å². The Bertz CT molecular complexity index is 1180. The number of anilines is 3. The number of aromatic nitrogens is 1. The topological polar surface area (TPSA) is 106 Å². The van der Waals surface area contributed by atoms with E-state index in [-0.39, 0.29) is 5.91 Å². The van der Waals surface area contributed by atoms with E-state index in [9.17, 15) is 14.4 Å². The third-order valence-electron chi connectivity index (χ3n) is 4.86. The Morgan fingerprint density at radius 1 is 1.03 bits per heavy atom. The number of hydrogen-bond acceptors (Lipinski definition) is 4. The Balaban J connectivity index is 1.43. The van der Waals surface area contributed by atoms with Crippen LogP contribution in [0.4, 0.5) is 21.9 Å². The molecule has 1 aliphatic heterocycles. The van der Waals surface area contributed by atoms with E-state index in [4.69, 9.17) is 0 Å². The van der Waals surface area contributed by atoms with E-state index in [1.165, 1.54) is 0 Å². The molecule has 8 nitrogen and oxygen atoms in total. The number of H-pyrrole nitrogens is 1. The van der Waals surface area contributed by atoms with Crippen molar-refractivity contribution < 1.29 is 14.4 Å². The lowest BCUT2D eigenvalue weighted by atomic mass is 10.1. The first kappa shape index (κ1) is 20.0. The molecule has 0 fully saturated rings. The van der Waals surface area contributed by atoms with Crippen molar-refractivity contribution in [2.75, 3.05) is 29.6 Å². The molecule has 0 unspecified atom stereocenters. The second kappa shape index (κ2) is 8.19. The predicted molar refractivity (Wildman–Crippen MR) is 121 cm³/mol. The fourth-order valence-electron chi connectivity index (χ4n) is 3.25. The number of fused-ring (bicyclic) bond motifs is 1. The summed E-state index contributed by atoms with van der Waals surface area (Å²) in [6.07, 6.45) is 3.55. The maximum Gasteiger partial charge on any atom is 0.326 e. The number of carbonyl (C=O) groups is 3. The summed E-state index contributed by atoms with van der Waals surface area (Å²) < 4.78 is 0. The van der Waals surface area contributed by atoms with E-state index in [0.29, 0.717) is 22.5 Å². The fourth-order valence-corrected chi connectivity index (χ4v) is 3.25. The molecule has 0 atom stereocenters. The average molecular weight is 415 g/mol. The van der Waals surface area contributed by atoms with Gasteiger partial charge in [-0.2, -0.15) is 0 Å². The Labute approximate surface area is 179 Å². The smallest absolute Gasteiger partial charge is 0.326 e. The van der Waals surface area contributed by atoms with Crippen LogP contribution in [0.3, 0.4) is 0 Å². The first-order valence-electron chi connectivity index (χ1n) is 9.61. The molecular weight excluding hydrogens is 394 g/mol. The average Bonchev–Trinajstić information content (AvgIpc) is 3.36. The van der Waals surface area contributed by atoms with Gasteiger partial charge in [-0.1, -0.05) is 6.07 Å². The Morgan fingerprint density at radius 2 is 1.81 bits per heavy atom. The summed E-state index contributed by atoms with van der Waals surface area (Å²) in [6.45, 7) is 0. The number of nitrogens with one attached hydrogen (secondary N) is 4. The molecule has 0 aliphatic carbocycles.